The maximum atomic E-state index is 12.7. The molecule has 0 bridgehead atoms. The van der Waals surface area contributed by atoms with Crippen LogP contribution in [-0.4, -0.2) is 40.1 Å². The summed E-state index contributed by atoms with van der Waals surface area (Å²) in [5, 5.41) is 11.8. The molecule has 1 amide bonds. The zero-order valence-electron chi connectivity index (χ0n) is 18.9. The molecule has 0 unspecified atom stereocenters. The average Bonchev–Trinajstić information content (AvgIpc) is 3.28. The van der Waals surface area contributed by atoms with E-state index in [1.807, 2.05) is 60.0 Å². The average molecular weight is 497 g/mol. The van der Waals surface area contributed by atoms with Gasteiger partial charge in [-0.2, -0.15) is 8.78 Å². The van der Waals surface area contributed by atoms with Gasteiger partial charge in [0, 0.05) is 11.3 Å². The molecule has 1 N–H and O–H groups in total. The van der Waals surface area contributed by atoms with E-state index in [9.17, 15) is 13.6 Å². The number of aryl methyl sites for hydroxylation is 1. The second kappa shape index (κ2) is 11.0. The van der Waals surface area contributed by atoms with Crippen LogP contribution < -0.4 is 14.8 Å². The maximum absolute atomic E-state index is 12.7. The molecule has 7 nitrogen and oxygen atoms in total. The van der Waals surface area contributed by atoms with E-state index in [2.05, 4.69) is 20.3 Å². The first kappa shape index (κ1) is 24.2. The molecule has 0 fully saturated rings. The van der Waals surface area contributed by atoms with Crippen molar-refractivity contribution in [1.82, 2.24) is 14.8 Å². The van der Waals surface area contributed by atoms with Crippen LogP contribution in [0, 0.1) is 6.92 Å². The Bertz CT molecular complexity index is 1300. The number of amides is 1. The minimum Gasteiger partial charge on any atom is -0.497 e. The number of carbonyl (C=O) groups excluding carboxylic acids is 1. The van der Waals surface area contributed by atoms with E-state index in [-0.39, 0.29) is 17.2 Å². The Morgan fingerprint density at radius 1 is 1.03 bits per heavy atom. The molecule has 0 radical (unpaired) electrons. The highest BCUT2D eigenvalue weighted by atomic mass is 32.2. The second-order valence-corrected chi connectivity index (χ2v) is 8.36. The molecule has 4 aromatic rings. The molecular weight excluding hydrogens is 474 g/mol. The maximum Gasteiger partial charge on any atom is 0.387 e. The van der Waals surface area contributed by atoms with Crippen LogP contribution in [-0.2, 0) is 4.79 Å². The first-order valence-corrected chi connectivity index (χ1v) is 11.6. The minimum atomic E-state index is -2.99. The molecule has 0 aliphatic rings. The molecule has 1 heterocycles. The quantitative estimate of drug-likeness (QED) is 0.305. The fourth-order valence-electron chi connectivity index (χ4n) is 3.30. The standard InChI is InChI=1S/C25H22F2N4O3S/c1-16-7-11-18(12-8-16)31-23(17-9-13-19(33-2)14-10-17)29-30-25(31)35-15-22(32)28-20-5-3-4-6-21(20)34-24(26)27/h3-14,24H,15H2,1-2H3,(H,28,32). The molecule has 0 saturated heterocycles. The number of nitrogens with one attached hydrogen (secondary N) is 1. The van der Waals surface area contributed by atoms with E-state index in [0.29, 0.717) is 11.0 Å². The van der Waals surface area contributed by atoms with Crippen molar-refractivity contribution >= 4 is 23.4 Å². The van der Waals surface area contributed by atoms with Crippen LogP contribution >= 0.6 is 11.8 Å². The van der Waals surface area contributed by atoms with Crippen LogP contribution in [0.3, 0.4) is 0 Å². The number of halogens is 2. The van der Waals surface area contributed by atoms with Gasteiger partial charge in [0.15, 0.2) is 11.0 Å². The Morgan fingerprint density at radius 2 is 1.74 bits per heavy atom. The van der Waals surface area contributed by atoms with E-state index < -0.39 is 12.5 Å². The lowest BCUT2D eigenvalue weighted by Crippen LogP contribution is -2.16. The van der Waals surface area contributed by atoms with Crippen molar-refractivity contribution < 1.29 is 23.0 Å². The van der Waals surface area contributed by atoms with E-state index >= 15 is 0 Å². The van der Waals surface area contributed by atoms with Gasteiger partial charge in [0.25, 0.3) is 0 Å². The summed E-state index contributed by atoms with van der Waals surface area (Å²) in [6.45, 7) is -0.998. The van der Waals surface area contributed by atoms with Crippen LogP contribution in [0.4, 0.5) is 14.5 Å². The summed E-state index contributed by atoms with van der Waals surface area (Å²) in [7, 11) is 1.60. The van der Waals surface area contributed by atoms with Crippen LogP contribution in [0.2, 0.25) is 0 Å². The smallest absolute Gasteiger partial charge is 0.387 e. The minimum absolute atomic E-state index is 0.0182. The second-order valence-electron chi connectivity index (χ2n) is 7.42. The molecule has 0 aliphatic heterocycles. The van der Waals surface area contributed by atoms with Gasteiger partial charge in [-0.05, 0) is 55.5 Å². The number of benzene rings is 3. The normalized spacial score (nSPS) is 10.9. The molecular formula is C25H22F2N4O3S. The van der Waals surface area contributed by atoms with Gasteiger partial charge in [-0.3, -0.25) is 9.36 Å². The summed E-state index contributed by atoms with van der Waals surface area (Å²) in [6, 6.07) is 21.3. The molecule has 0 saturated carbocycles. The molecule has 180 valence electrons. The number of aromatic nitrogens is 3. The van der Waals surface area contributed by atoms with Crippen molar-refractivity contribution in [2.75, 3.05) is 18.2 Å². The highest BCUT2D eigenvalue weighted by Crippen LogP contribution is 2.30. The third-order valence-electron chi connectivity index (χ3n) is 4.98. The van der Waals surface area contributed by atoms with Crippen molar-refractivity contribution in [1.29, 1.82) is 0 Å². The van der Waals surface area contributed by atoms with E-state index in [0.717, 1.165) is 22.6 Å². The predicted octanol–water partition coefficient (Wildman–Crippen LogP) is 5.58. The molecule has 3 aromatic carbocycles. The van der Waals surface area contributed by atoms with Crippen molar-refractivity contribution in [2.45, 2.75) is 18.7 Å². The Morgan fingerprint density at radius 3 is 2.43 bits per heavy atom. The van der Waals surface area contributed by atoms with Gasteiger partial charge in [0.2, 0.25) is 5.91 Å². The van der Waals surface area contributed by atoms with Crippen molar-refractivity contribution in [3.05, 3.63) is 78.4 Å². The van der Waals surface area contributed by atoms with Gasteiger partial charge in [-0.25, -0.2) is 0 Å². The van der Waals surface area contributed by atoms with Gasteiger partial charge < -0.3 is 14.8 Å². The van der Waals surface area contributed by atoms with Gasteiger partial charge in [-0.1, -0.05) is 41.6 Å². The van der Waals surface area contributed by atoms with Crippen molar-refractivity contribution in [2.24, 2.45) is 0 Å². The lowest BCUT2D eigenvalue weighted by atomic mass is 10.2. The third-order valence-corrected chi connectivity index (χ3v) is 5.91. The zero-order chi connectivity index (χ0) is 24.8. The van der Waals surface area contributed by atoms with Crippen molar-refractivity contribution in [3.8, 4) is 28.6 Å². The first-order chi connectivity index (χ1) is 16.9. The van der Waals surface area contributed by atoms with Gasteiger partial charge >= 0.3 is 6.61 Å². The number of alkyl halides is 2. The predicted molar refractivity (Wildman–Crippen MR) is 131 cm³/mol. The Kier molecular flexibility index (Phi) is 7.61. The van der Waals surface area contributed by atoms with Crippen molar-refractivity contribution in [3.63, 3.8) is 0 Å². The molecule has 10 heteroatoms. The number of hydrogen-bond donors (Lipinski definition) is 1. The number of rotatable bonds is 9. The monoisotopic (exact) mass is 496 g/mol. The number of methoxy groups -OCH3 is 1. The summed E-state index contributed by atoms with van der Waals surface area (Å²) in [5.41, 5.74) is 2.93. The lowest BCUT2D eigenvalue weighted by molar-refractivity contribution is -0.113. The van der Waals surface area contributed by atoms with Gasteiger partial charge in [-0.15, -0.1) is 10.2 Å². The zero-order valence-corrected chi connectivity index (χ0v) is 19.8. The highest BCUT2D eigenvalue weighted by molar-refractivity contribution is 7.99. The highest BCUT2D eigenvalue weighted by Gasteiger charge is 2.18. The van der Waals surface area contributed by atoms with Gasteiger partial charge in [0.1, 0.15) is 11.5 Å². The molecule has 0 aliphatic carbocycles. The molecule has 0 atom stereocenters. The van der Waals surface area contributed by atoms with E-state index in [4.69, 9.17) is 4.74 Å². The number of thioether (sulfide) groups is 1. The summed E-state index contributed by atoms with van der Waals surface area (Å²) >= 11 is 1.18. The fourth-order valence-corrected chi connectivity index (χ4v) is 4.05. The Balaban J connectivity index is 1.57. The van der Waals surface area contributed by atoms with Crippen LogP contribution in [0.25, 0.3) is 17.1 Å². The topological polar surface area (TPSA) is 78.3 Å². The summed E-state index contributed by atoms with van der Waals surface area (Å²) < 4.78 is 36.9. The van der Waals surface area contributed by atoms with Crippen LogP contribution in [0.5, 0.6) is 11.5 Å². The molecule has 0 spiro atoms. The van der Waals surface area contributed by atoms with E-state index in [1.165, 1.54) is 23.9 Å². The summed E-state index contributed by atoms with van der Waals surface area (Å²) in [5.74, 6) is 0.804. The number of hydrogen-bond acceptors (Lipinski definition) is 6. The SMILES string of the molecule is COc1ccc(-c2nnc(SCC(=O)Nc3ccccc3OC(F)F)n2-c2ccc(C)cc2)cc1. The number of anilines is 1. The number of ether oxygens (including phenoxy) is 2. The first-order valence-electron chi connectivity index (χ1n) is 10.6. The number of carbonyl (C=O) groups is 1. The molecule has 1 aromatic heterocycles. The lowest BCUT2D eigenvalue weighted by Gasteiger charge is -2.12. The van der Waals surface area contributed by atoms with Crippen LogP contribution in [0.15, 0.2) is 78.0 Å². The van der Waals surface area contributed by atoms with Crippen LogP contribution in [0.1, 0.15) is 5.56 Å². The number of para-hydroxylation sites is 2. The summed E-state index contributed by atoms with van der Waals surface area (Å²) in [6.07, 6.45) is 0. The number of nitrogens with zero attached hydrogens (tertiary/aromatic N) is 3. The largest absolute Gasteiger partial charge is 0.497 e. The fraction of sp³-hybridized carbons (Fsp3) is 0.160. The summed E-state index contributed by atoms with van der Waals surface area (Å²) in [4.78, 5) is 12.6. The molecule has 4 rings (SSSR count). The van der Waals surface area contributed by atoms with Gasteiger partial charge in [0.05, 0.1) is 18.6 Å². The van der Waals surface area contributed by atoms with E-state index in [1.54, 1.807) is 19.2 Å². The Hall–Kier alpha value is -3.92. The Labute approximate surface area is 205 Å². The third kappa shape index (κ3) is 5.96. The molecule has 35 heavy (non-hydrogen) atoms.